The third kappa shape index (κ3) is 2.72. The average Bonchev–Trinajstić information content (AvgIpc) is 3.04. The fraction of sp³-hybridized carbons (Fsp3) is 0.200. The monoisotopic (exact) mass is 350 g/mol. The maximum Gasteiger partial charge on any atom is 0.140 e. The second-order valence-electron chi connectivity index (χ2n) is 6.37. The number of aromatic nitrogens is 2. The van der Waals surface area contributed by atoms with Gasteiger partial charge in [-0.15, -0.1) is 0 Å². The van der Waals surface area contributed by atoms with E-state index in [1.54, 1.807) is 6.07 Å². The van der Waals surface area contributed by atoms with Gasteiger partial charge in [0.05, 0.1) is 22.6 Å². The quantitative estimate of drug-likeness (QED) is 0.757. The smallest absolute Gasteiger partial charge is 0.140 e. The Balaban J connectivity index is 1.66. The largest absolute Gasteiger partial charge is 0.365 e. The molecule has 0 radical (unpaired) electrons. The summed E-state index contributed by atoms with van der Waals surface area (Å²) in [6.45, 7) is 3.26. The molecule has 1 aromatic carbocycles. The van der Waals surface area contributed by atoms with Crippen molar-refractivity contribution in [1.29, 1.82) is 5.26 Å². The van der Waals surface area contributed by atoms with Crippen molar-refractivity contribution in [3.8, 4) is 17.3 Å². The molecule has 4 nitrogen and oxygen atoms in total. The first-order valence-corrected chi connectivity index (χ1v) is 8.34. The molecule has 0 unspecified atom stereocenters. The first-order valence-electron chi connectivity index (χ1n) is 8.34. The maximum atomic E-state index is 14.1. The number of hydrogen-bond donors (Lipinski definition) is 1. The minimum atomic E-state index is -0.576. The van der Waals surface area contributed by atoms with E-state index in [0.717, 1.165) is 35.6 Å². The number of benzene rings is 1. The van der Waals surface area contributed by atoms with Gasteiger partial charge in [-0.25, -0.2) is 13.8 Å². The average molecular weight is 350 g/mol. The van der Waals surface area contributed by atoms with Crippen LogP contribution in [0, 0.1) is 29.9 Å². The van der Waals surface area contributed by atoms with Gasteiger partial charge in [0.15, 0.2) is 0 Å². The predicted molar refractivity (Wildman–Crippen MR) is 94.6 cm³/mol. The molecule has 0 fully saturated rings. The Morgan fingerprint density at radius 3 is 2.65 bits per heavy atom. The number of aromatic amines is 1. The van der Waals surface area contributed by atoms with Crippen LogP contribution in [-0.2, 0) is 13.0 Å². The Labute approximate surface area is 149 Å². The van der Waals surface area contributed by atoms with Crippen LogP contribution < -0.4 is 4.90 Å². The van der Waals surface area contributed by atoms with Gasteiger partial charge in [-0.3, -0.25) is 0 Å². The molecule has 4 rings (SSSR count). The maximum absolute atomic E-state index is 14.1. The van der Waals surface area contributed by atoms with E-state index in [-0.39, 0.29) is 5.56 Å². The summed E-state index contributed by atoms with van der Waals surface area (Å²) in [6, 6.07) is 11.3. The van der Waals surface area contributed by atoms with E-state index in [1.165, 1.54) is 18.2 Å². The molecular weight excluding hydrogens is 334 g/mol. The van der Waals surface area contributed by atoms with E-state index >= 15 is 0 Å². The van der Waals surface area contributed by atoms with Gasteiger partial charge < -0.3 is 9.88 Å². The van der Waals surface area contributed by atoms with Gasteiger partial charge in [0.1, 0.15) is 23.4 Å². The number of H-pyrrole nitrogens is 1. The van der Waals surface area contributed by atoms with E-state index in [0.29, 0.717) is 17.9 Å². The van der Waals surface area contributed by atoms with Gasteiger partial charge >= 0.3 is 0 Å². The van der Waals surface area contributed by atoms with Crippen molar-refractivity contribution in [2.45, 2.75) is 19.9 Å². The molecule has 26 heavy (non-hydrogen) atoms. The lowest BCUT2D eigenvalue weighted by Crippen LogP contribution is -2.30. The normalized spacial score (nSPS) is 13.4. The summed E-state index contributed by atoms with van der Waals surface area (Å²) < 4.78 is 28.1. The van der Waals surface area contributed by atoms with E-state index in [9.17, 15) is 8.78 Å². The molecule has 3 heterocycles. The summed E-state index contributed by atoms with van der Waals surface area (Å²) in [5.41, 5.74) is 4.60. The number of pyridine rings is 1. The van der Waals surface area contributed by atoms with Crippen LogP contribution >= 0.6 is 0 Å². The van der Waals surface area contributed by atoms with Crippen LogP contribution in [0.2, 0.25) is 0 Å². The highest BCUT2D eigenvalue weighted by Gasteiger charge is 2.22. The molecule has 0 saturated heterocycles. The number of fused-ring (bicyclic) bond motifs is 1. The second-order valence-corrected chi connectivity index (χ2v) is 6.37. The van der Waals surface area contributed by atoms with Gasteiger partial charge in [-0.2, -0.15) is 5.26 Å². The van der Waals surface area contributed by atoms with E-state index in [1.807, 2.05) is 25.1 Å². The Kier molecular flexibility index (Phi) is 3.92. The summed E-state index contributed by atoms with van der Waals surface area (Å²) in [5, 5.41) is 8.96. The van der Waals surface area contributed by atoms with Crippen molar-refractivity contribution < 1.29 is 8.78 Å². The Bertz CT molecular complexity index is 1010. The molecule has 0 aliphatic carbocycles. The van der Waals surface area contributed by atoms with Crippen molar-refractivity contribution in [3.05, 3.63) is 70.7 Å². The number of anilines is 1. The molecule has 1 N–H and O–H groups in total. The van der Waals surface area contributed by atoms with E-state index in [2.05, 4.69) is 14.9 Å². The highest BCUT2D eigenvalue weighted by molar-refractivity contribution is 5.64. The zero-order chi connectivity index (χ0) is 18.3. The number of nitrogens with zero attached hydrogens (tertiary/aromatic N) is 3. The number of nitrogens with one attached hydrogen (secondary N) is 1. The molecule has 0 amide bonds. The summed E-state index contributed by atoms with van der Waals surface area (Å²) >= 11 is 0. The van der Waals surface area contributed by atoms with Crippen LogP contribution in [0.5, 0.6) is 0 Å². The molecule has 0 saturated carbocycles. The van der Waals surface area contributed by atoms with Crippen molar-refractivity contribution in [2.75, 3.05) is 11.4 Å². The summed E-state index contributed by atoms with van der Waals surface area (Å²) in [5.74, 6) is -1.15. The number of aryl methyl sites for hydroxylation is 1. The molecule has 0 spiro atoms. The minimum Gasteiger partial charge on any atom is -0.365 e. The fourth-order valence-electron chi connectivity index (χ4n) is 3.48. The molecule has 0 bridgehead atoms. The molecule has 3 aromatic rings. The van der Waals surface area contributed by atoms with Crippen LogP contribution in [0.15, 0.2) is 36.4 Å². The van der Waals surface area contributed by atoms with E-state index in [4.69, 9.17) is 5.26 Å². The third-order valence-corrected chi connectivity index (χ3v) is 4.73. The highest BCUT2D eigenvalue weighted by atomic mass is 19.1. The Hall–Kier alpha value is -3.20. The van der Waals surface area contributed by atoms with Gasteiger partial charge in [-0.1, -0.05) is 6.07 Å². The SMILES string of the molecule is Cc1nc(C#N)ccc1N1CCc2[nH]c(-c3c(F)cccc3F)cc2C1. The topological polar surface area (TPSA) is 55.7 Å². The number of rotatable bonds is 2. The summed E-state index contributed by atoms with van der Waals surface area (Å²) in [4.78, 5) is 9.63. The van der Waals surface area contributed by atoms with Crippen molar-refractivity contribution >= 4 is 5.69 Å². The lowest BCUT2D eigenvalue weighted by Gasteiger charge is -2.29. The van der Waals surface area contributed by atoms with Crippen LogP contribution in [0.4, 0.5) is 14.5 Å². The van der Waals surface area contributed by atoms with Gasteiger partial charge in [0.2, 0.25) is 0 Å². The summed E-state index contributed by atoms with van der Waals surface area (Å²) in [6.07, 6.45) is 0.741. The lowest BCUT2D eigenvalue weighted by molar-refractivity contribution is 0.589. The number of hydrogen-bond acceptors (Lipinski definition) is 3. The van der Waals surface area contributed by atoms with Gasteiger partial charge in [-0.05, 0) is 42.8 Å². The standard InChI is InChI=1S/C20H16F2N4/c1-12-19(6-5-14(10-23)24-12)26-8-7-17-13(11-26)9-18(25-17)20-15(21)3-2-4-16(20)22/h2-6,9,25H,7-8,11H2,1H3. The lowest BCUT2D eigenvalue weighted by atomic mass is 10.1. The minimum absolute atomic E-state index is 0.0235. The van der Waals surface area contributed by atoms with Crippen LogP contribution in [0.25, 0.3) is 11.3 Å². The van der Waals surface area contributed by atoms with Crippen molar-refractivity contribution in [2.24, 2.45) is 0 Å². The fourth-order valence-corrected chi connectivity index (χ4v) is 3.48. The predicted octanol–water partition coefficient (Wildman–Crippen LogP) is 4.10. The van der Waals surface area contributed by atoms with Crippen LogP contribution in [0.3, 0.4) is 0 Å². The first kappa shape index (κ1) is 16.3. The number of halogens is 2. The van der Waals surface area contributed by atoms with Crippen molar-refractivity contribution in [3.63, 3.8) is 0 Å². The van der Waals surface area contributed by atoms with Crippen LogP contribution in [-0.4, -0.2) is 16.5 Å². The third-order valence-electron chi connectivity index (χ3n) is 4.73. The zero-order valence-electron chi connectivity index (χ0n) is 14.2. The molecule has 6 heteroatoms. The van der Waals surface area contributed by atoms with E-state index < -0.39 is 11.6 Å². The number of nitriles is 1. The second kappa shape index (κ2) is 6.26. The Morgan fingerprint density at radius 2 is 1.96 bits per heavy atom. The molecule has 0 atom stereocenters. The molecular formula is C20H16F2N4. The van der Waals surface area contributed by atoms with Crippen LogP contribution in [0.1, 0.15) is 22.6 Å². The molecule has 1 aliphatic heterocycles. The highest BCUT2D eigenvalue weighted by Crippen LogP contribution is 2.32. The van der Waals surface area contributed by atoms with Gasteiger partial charge in [0, 0.05) is 25.2 Å². The van der Waals surface area contributed by atoms with Gasteiger partial charge in [0.25, 0.3) is 0 Å². The molecule has 130 valence electrons. The Morgan fingerprint density at radius 1 is 1.19 bits per heavy atom. The molecule has 1 aliphatic rings. The molecule has 2 aromatic heterocycles. The summed E-state index contributed by atoms with van der Waals surface area (Å²) in [7, 11) is 0. The zero-order valence-corrected chi connectivity index (χ0v) is 14.2. The first-order chi connectivity index (χ1) is 12.6. The van der Waals surface area contributed by atoms with Crippen molar-refractivity contribution in [1.82, 2.24) is 9.97 Å².